The molecule has 0 saturated heterocycles. The highest BCUT2D eigenvalue weighted by Gasteiger charge is 2.17. The second-order valence-corrected chi connectivity index (χ2v) is 3.36. The van der Waals surface area contributed by atoms with Crippen molar-refractivity contribution in [2.24, 2.45) is 10.7 Å². The van der Waals surface area contributed by atoms with Gasteiger partial charge in [0.15, 0.2) is 6.04 Å². The van der Waals surface area contributed by atoms with Gasteiger partial charge in [0.2, 0.25) is 5.91 Å². The van der Waals surface area contributed by atoms with Crippen molar-refractivity contribution in [2.45, 2.75) is 12.5 Å². The number of hydrogen-bond acceptors (Lipinski definition) is 4. The number of carbonyl (C=O) groups excluding carboxylic acids is 1. The number of aliphatic imine (C=N–C) groups is 1. The molecule has 1 aromatic rings. The third-order valence-electron chi connectivity index (χ3n) is 2.01. The number of nitrogens with two attached hydrogens (primary N) is 1. The molecule has 0 radical (unpaired) electrons. The summed E-state index contributed by atoms with van der Waals surface area (Å²) in [5.41, 5.74) is 5.28. The first-order valence-corrected chi connectivity index (χ1v) is 4.83. The molecule has 0 unspecified atom stereocenters. The number of rotatable bonds is 5. The largest absolute Gasteiger partial charge is 0.507 e. The quantitative estimate of drug-likeness (QED) is 0.631. The molecule has 6 nitrogen and oxygen atoms in total. The number of primary amides is 1. The molecule has 0 aliphatic rings. The lowest BCUT2D eigenvalue weighted by molar-refractivity contribution is -0.140. The van der Waals surface area contributed by atoms with Crippen molar-refractivity contribution in [3.8, 4) is 5.75 Å². The predicted molar refractivity (Wildman–Crippen MR) is 60.9 cm³/mol. The van der Waals surface area contributed by atoms with Gasteiger partial charge in [0.1, 0.15) is 5.75 Å². The van der Waals surface area contributed by atoms with E-state index in [1.54, 1.807) is 18.2 Å². The molecule has 4 N–H and O–H groups in total. The van der Waals surface area contributed by atoms with Crippen molar-refractivity contribution in [2.75, 3.05) is 0 Å². The summed E-state index contributed by atoms with van der Waals surface area (Å²) >= 11 is 0. The predicted octanol–water partition coefficient (Wildman–Crippen LogP) is 0.140. The van der Waals surface area contributed by atoms with Crippen LogP contribution >= 0.6 is 0 Å². The van der Waals surface area contributed by atoms with Crippen LogP contribution in [0.25, 0.3) is 0 Å². The lowest BCUT2D eigenvalue weighted by Gasteiger charge is -2.04. The van der Waals surface area contributed by atoms with E-state index in [0.717, 1.165) is 0 Å². The van der Waals surface area contributed by atoms with Crippen LogP contribution in [0, 0.1) is 0 Å². The number of amides is 1. The Morgan fingerprint density at radius 1 is 1.41 bits per heavy atom. The first-order chi connectivity index (χ1) is 8.00. The molecule has 17 heavy (non-hydrogen) atoms. The number of carbonyl (C=O) groups is 2. The standard InChI is InChI=1S/C11H12N2O4/c12-10(15)5-8(11(16)17)13-6-7-3-1-2-4-9(7)14/h1-4,6,8,14H,5H2,(H2,12,15)(H,16,17)/t8-/m0/s1. The smallest absolute Gasteiger partial charge is 0.328 e. The summed E-state index contributed by atoms with van der Waals surface area (Å²) in [6.45, 7) is 0. The van der Waals surface area contributed by atoms with Crippen LogP contribution in [0.2, 0.25) is 0 Å². The number of carboxylic acid groups (broad SMARTS) is 1. The van der Waals surface area contributed by atoms with Crippen LogP contribution in [0.1, 0.15) is 12.0 Å². The normalized spacial score (nSPS) is 12.5. The van der Waals surface area contributed by atoms with Gasteiger partial charge >= 0.3 is 5.97 Å². The second-order valence-electron chi connectivity index (χ2n) is 3.36. The van der Waals surface area contributed by atoms with Crippen LogP contribution in [-0.4, -0.2) is 34.3 Å². The molecule has 0 spiro atoms. The van der Waals surface area contributed by atoms with E-state index in [1.165, 1.54) is 12.3 Å². The Balaban J connectivity index is 2.83. The summed E-state index contributed by atoms with van der Waals surface area (Å²) in [6.07, 6.45) is 0.830. The Morgan fingerprint density at radius 2 is 2.06 bits per heavy atom. The van der Waals surface area contributed by atoms with E-state index >= 15 is 0 Å². The lowest BCUT2D eigenvalue weighted by atomic mass is 10.2. The number of aromatic hydroxyl groups is 1. The summed E-state index contributed by atoms with van der Waals surface area (Å²) in [4.78, 5) is 25.1. The van der Waals surface area contributed by atoms with Gasteiger partial charge in [-0.25, -0.2) is 4.79 Å². The summed E-state index contributed by atoms with van der Waals surface area (Å²) in [5, 5.41) is 18.2. The van der Waals surface area contributed by atoms with Crippen LogP contribution in [0.15, 0.2) is 29.3 Å². The number of phenolic OH excluding ortho intramolecular Hbond substituents is 1. The highest BCUT2D eigenvalue weighted by molar-refractivity contribution is 5.88. The fourth-order valence-electron chi connectivity index (χ4n) is 1.16. The van der Waals surface area contributed by atoms with Crippen molar-refractivity contribution in [3.05, 3.63) is 29.8 Å². The third kappa shape index (κ3) is 3.94. The monoisotopic (exact) mass is 236 g/mol. The van der Waals surface area contributed by atoms with Crippen molar-refractivity contribution < 1.29 is 19.8 Å². The molecule has 90 valence electrons. The lowest BCUT2D eigenvalue weighted by Crippen LogP contribution is -2.25. The zero-order valence-electron chi connectivity index (χ0n) is 8.91. The number of aliphatic carboxylic acids is 1. The molecule has 0 heterocycles. The van der Waals surface area contributed by atoms with Crippen LogP contribution in [-0.2, 0) is 9.59 Å². The zero-order valence-corrected chi connectivity index (χ0v) is 8.91. The van der Waals surface area contributed by atoms with Gasteiger partial charge in [0.05, 0.1) is 6.42 Å². The summed E-state index contributed by atoms with van der Waals surface area (Å²) in [6, 6.07) is 5.09. The molecule has 0 fully saturated rings. The van der Waals surface area contributed by atoms with Gasteiger partial charge in [-0.15, -0.1) is 0 Å². The maximum Gasteiger partial charge on any atom is 0.328 e. The van der Waals surface area contributed by atoms with Gasteiger partial charge < -0.3 is 15.9 Å². The van der Waals surface area contributed by atoms with E-state index in [4.69, 9.17) is 10.8 Å². The maximum absolute atomic E-state index is 10.8. The van der Waals surface area contributed by atoms with Crippen LogP contribution < -0.4 is 5.73 Å². The summed E-state index contributed by atoms with van der Waals surface area (Å²) < 4.78 is 0. The van der Waals surface area contributed by atoms with Crippen molar-refractivity contribution in [1.29, 1.82) is 0 Å². The van der Waals surface area contributed by atoms with Gasteiger partial charge in [-0.2, -0.15) is 0 Å². The Bertz CT molecular complexity index is 457. The van der Waals surface area contributed by atoms with Crippen molar-refractivity contribution in [1.82, 2.24) is 0 Å². The second kappa shape index (κ2) is 5.64. The molecule has 0 saturated carbocycles. The van der Waals surface area contributed by atoms with E-state index in [-0.39, 0.29) is 12.2 Å². The van der Waals surface area contributed by atoms with Gasteiger partial charge in [0, 0.05) is 11.8 Å². The topological polar surface area (TPSA) is 113 Å². The molecule has 1 rings (SSSR count). The zero-order chi connectivity index (χ0) is 12.8. The third-order valence-corrected chi connectivity index (χ3v) is 2.01. The van der Waals surface area contributed by atoms with Crippen molar-refractivity contribution >= 4 is 18.1 Å². The minimum atomic E-state index is -1.24. The molecule has 0 aliphatic heterocycles. The first kappa shape index (κ1) is 12.7. The Hall–Kier alpha value is -2.37. The highest BCUT2D eigenvalue weighted by Crippen LogP contribution is 2.13. The number of para-hydroxylation sites is 1. The fraction of sp³-hybridized carbons (Fsp3) is 0.182. The average Bonchev–Trinajstić information content (AvgIpc) is 2.25. The maximum atomic E-state index is 10.8. The summed E-state index contributed by atoms with van der Waals surface area (Å²) in [5.74, 6) is -2.00. The van der Waals surface area contributed by atoms with E-state index in [1.807, 2.05) is 0 Å². The van der Waals surface area contributed by atoms with Crippen LogP contribution in [0.3, 0.4) is 0 Å². The molecule has 0 aliphatic carbocycles. The molecule has 1 amide bonds. The van der Waals surface area contributed by atoms with Crippen molar-refractivity contribution in [3.63, 3.8) is 0 Å². The number of nitrogens with zero attached hydrogens (tertiary/aromatic N) is 1. The van der Waals surface area contributed by atoms with Gasteiger partial charge in [-0.05, 0) is 12.1 Å². The molecule has 0 aromatic heterocycles. The molecule has 1 atom stereocenters. The average molecular weight is 236 g/mol. The number of hydrogen-bond donors (Lipinski definition) is 3. The molecule has 1 aromatic carbocycles. The minimum absolute atomic E-state index is 0.0144. The Kier molecular flexibility index (Phi) is 4.21. The van der Waals surface area contributed by atoms with E-state index in [0.29, 0.717) is 5.56 Å². The minimum Gasteiger partial charge on any atom is -0.507 e. The number of phenols is 1. The Labute approximate surface area is 97.4 Å². The van der Waals surface area contributed by atoms with Gasteiger partial charge in [-0.3, -0.25) is 9.79 Å². The Morgan fingerprint density at radius 3 is 2.59 bits per heavy atom. The van der Waals surface area contributed by atoms with E-state index in [2.05, 4.69) is 4.99 Å². The van der Waals surface area contributed by atoms with Crippen LogP contribution in [0.4, 0.5) is 0 Å². The summed E-state index contributed by atoms with van der Waals surface area (Å²) in [7, 11) is 0. The van der Waals surface area contributed by atoms with E-state index < -0.39 is 17.9 Å². The van der Waals surface area contributed by atoms with Gasteiger partial charge in [-0.1, -0.05) is 12.1 Å². The highest BCUT2D eigenvalue weighted by atomic mass is 16.4. The first-order valence-electron chi connectivity index (χ1n) is 4.83. The molecular formula is C11H12N2O4. The van der Waals surface area contributed by atoms with Crippen LogP contribution in [0.5, 0.6) is 5.75 Å². The molecule has 6 heteroatoms. The van der Waals surface area contributed by atoms with Gasteiger partial charge in [0.25, 0.3) is 0 Å². The van der Waals surface area contributed by atoms with E-state index in [9.17, 15) is 14.7 Å². The number of benzene rings is 1. The molecule has 0 bridgehead atoms. The SMILES string of the molecule is NC(=O)C[C@H](N=Cc1ccccc1O)C(=O)O. The fourth-order valence-corrected chi connectivity index (χ4v) is 1.16. The number of carboxylic acids is 1. The molecular weight excluding hydrogens is 224 g/mol.